The van der Waals surface area contributed by atoms with E-state index in [4.69, 9.17) is 0 Å². The van der Waals surface area contributed by atoms with Crippen LogP contribution in [0.1, 0.15) is 34.3 Å². The van der Waals surface area contributed by atoms with E-state index in [1.807, 2.05) is 19.1 Å². The average molecular weight is 440 g/mol. The lowest BCUT2D eigenvalue weighted by Crippen LogP contribution is -2.40. The van der Waals surface area contributed by atoms with E-state index in [1.54, 1.807) is 42.3 Å². The van der Waals surface area contributed by atoms with Crippen LogP contribution in [0.2, 0.25) is 0 Å². The predicted molar refractivity (Wildman–Crippen MR) is 120 cm³/mol. The zero-order chi connectivity index (χ0) is 22.2. The van der Waals surface area contributed by atoms with E-state index < -0.39 is 16.1 Å². The Hall–Kier alpha value is -2.97. The molecule has 0 atom stereocenters. The number of piperidine rings is 1. The van der Waals surface area contributed by atoms with Gasteiger partial charge in [-0.3, -0.25) is 14.5 Å². The predicted octanol–water partition coefficient (Wildman–Crippen LogP) is 3.25. The summed E-state index contributed by atoms with van der Waals surface area (Å²) in [5.41, 5.74) is 2.53. The molecular formula is C23H25N3O4S. The fourth-order valence-corrected chi connectivity index (χ4v) is 5.20. The minimum absolute atomic E-state index is 0.0627. The maximum absolute atomic E-state index is 13.3. The first-order valence-corrected chi connectivity index (χ1v) is 11.7. The van der Waals surface area contributed by atoms with E-state index in [1.165, 1.54) is 6.07 Å². The van der Waals surface area contributed by atoms with Gasteiger partial charge in [-0.2, -0.15) is 0 Å². The third-order valence-corrected chi connectivity index (χ3v) is 6.97. The molecule has 0 radical (unpaired) electrons. The van der Waals surface area contributed by atoms with Gasteiger partial charge in [0.2, 0.25) is 0 Å². The second-order valence-corrected chi connectivity index (χ2v) is 9.62. The normalized spacial score (nSPS) is 15.3. The van der Waals surface area contributed by atoms with Gasteiger partial charge in [0.15, 0.2) is 0 Å². The Kier molecular flexibility index (Phi) is 5.68. The number of benzene rings is 2. The van der Waals surface area contributed by atoms with Crippen molar-refractivity contribution < 1.29 is 18.3 Å². The van der Waals surface area contributed by atoms with Gasteiger partial charge in [0, 0.05) is 24.7 Å². The molecule has 1 amide bonds. The van der Waals surface area contributed by atoms with Crippen LogP contribution in [0.15, 0.2) is 53.6 Å². The van der Waals surface area contributed by atoms with E-state index in [2.05, 4.69) is 9.71 Å². The molecule has 0 saturated carbocycles. The molecule has 3 aromatic rings. The first-order chi connectivity index (χ1) is 14.8. The molecule has 1 saturated heterocycles. The summed E-state index contributed by atoms with van der Waals surface area (Å²) in [6.45, 7) is 4.54. The molecule has 0 spiro atoms. The molecule has 162 valence electrons. The Morgan fingerprint density at radius 2 is 1.84 bits per heavy atom. The van der Waals surface area contributed by atoms with Crippen molar-refractivity contribution in [2.45, 2.75) is 37.7 Å². The van der Waals surface area contributed by atoms with Gasteiger partial charge < -0.3 is 10.0 Å². The number of anilines is 1. The maximum atomic E-state index is 13.3. The van der Waals surface area contributed by atoms with Gasteiger partial charge >= 0.3 is 0 Å². The number of carbonyl (C=O) groups is 1. The van der Waals surface area contributed by atoms with Crippen molar-refractivity contribution in [3.8, 4) is 0 Å². The molecule has 31 heavy (non-hydrogen) atoms. The van der Waals surface area contributed by atoms with Crippen LogP contribution in [0, 0.1) is 13.8 Å². The third kappa shape index (κ3) is 4.26. The number of hydrogen-bond donors (Lipinski definition) is 2. The lowest BCUT2D eigenvalue weighted by molar-refractivity contribution is 0.0547. The number of hydrogen-bond acceptors (Lipinski definition) is 5. The highest BCUT2D eigenvalue weighted by atomic mass is 32.2. The molecule has 2 aromatic carbocycles. The number of para-hydroxylation sites is 2. The van der Waals surface area contributed by atoms with Crippen LogP contribution in [0.3, 0.4) is 0 Å². The Balaban J connectivity index is 1.72. The number of aliphatic hydroxyl groups excluding tert-OH is 1. The summed E-state index contributed by atoms with van der Waals surface area (Å²) in [5.74, 6) is -0.250. The van der Waals surface area contributed by atoms with Gasteiger partial charge in [0.1, 0.15) is 4.90 Å². The largest absolute Gasteiger partial charge is 0.393 e. The fourth-order valence-electron chi connectivity index (χ4n) is 3.87. The Labute approximate surface area is 181 Å². The van der Waals surface area contributed by atoms with E-state index >= 15 is 0 Å². The topological polar surface area (TPSA) is 99.6 Å². The number of pyridine rings is 1. The van der Waals surface area contributed by atoms with Gasteiger partial charge in [-0.15, -0.1) is 0 Å². The molecule has 1 fully saturated rings. The van der Waals surface area contributed by atoms with Crippen molar-refractivity contribution in [1.82, 2.24) is 9.88 Å². The number of likely N-dealkylation sites (tertiary alicyclic amines) is 1. The van der Waals surface area contributed by atoms with Crippen molar-refractivity contribution in [3.05, 3.63) is 65.4 Å². The van der Waals surface area contributed by atoms with Gasteiger partial charge in [0.25, 0.3) is 15.9 Å². The van der Waals surface area contributed by atoms with Crippen LogP contribution in [-0.4, -0.2) is 48.5 Å². The van der Waals surface area contributed by atoms with E-state index in [0.717, 1.165) is 10.9 Å². The smallest absolute Gasteiger partial charge is 0.264 e. The highest BCUT2D eigenvalue weighted by Gasteiger charge is 2.27. The van der Waals surface area contributed by atoms with Crippen molar-refractivity contribution >= 4 is 32.5 Å². The number of nitrogens with one attached hydrogen (secondary N) is 1. The first kappa shape index (κ1) is 21.3. The number of aliphatic hydroxyl groups is 1. The van der Waals surface area contributed by atoms with Crippen LogP contribution in [-0.2, 0) is 10.0 Å². The van der Waals surface area contributed by atoms with Gasteiger partial charge in [0.05, 0.1) is 22.9 Å². The van der Waals surface area contributed by atoms with Gasteiger partial charge in [-0.25, -0.2) is 8.42 Å². The number of carbonyl (C=O) groups excluding carboxylic acids is 1. The minimum Gasteiger partial charge on any atom is -0.393 e. The quantitative estimate of drug-likeness (QED) is 0.650. The summed E-state index contributed by atoms with van der Waals surface area (Å²) >= 11 is 0. The van der Waals surface area contributed by atoms with E-state index in [9.17, 15) is 18.3 Å². The van der Waals surface area contributed by atoms with Gasteiger partial charge in [-0.05, 0) is 56.0 Å². The molecule has 1 aliphatic heterocycles. The Bertz CT molecular complexity index is 1250. The minimum atomic E-state index is -3.99. The van der Waals surface area contributed by atoms with Crippen LogP contribution >= 0.6 is 0 Å². The molecule has 2 N–H and O–H groups in total. The second-order valence-electron chi connectivity index (χ2n) is 7.97. The number of amides is 1. The second kappa shape index (κ2) is 8.28. The Morgan fingerprint density at radius 1 is 1.13 bits per heavy atom. The van der Waals surface area contributed by atoms with Crippen LogP contribution in [0.25, 0.3) is 10.9 Å². The number of aryl methyl sites for hydroxylation is 2. The number of sulfonamides is 1. The monoisotopic (exact) mass is 439 g/mol. The summed E-state index contributed by atoms with van der Waals surface area (Å²) in [5, 5.41) is 10.5. The molecule has 0 unspecified atom stereocenters. The number of nitrogens with zero attached hydrogens (tertiary/aromatic N) is 2. The molecule has 2 heterocycles. The summed E-state index contributed by atoms with van der Waals surface area (Å²) in [6, 6.07) is 12.0. The molecule has 7 nitrogen and oxygen atoms in total. The van der Waals surface area contributed by atoms with Gasteiger partial charge in [-0.1, -0.05) is 24.3 Å². The molecule has 8 heteroatoms. The first-order valence-electron chi connectivity index (χ1n) is 10.2. The number of aromatic nitrogens is 1. The zero-order valence-electron chi connectivity index (χ0n) is 17.5. The lowest BCUT2D eigenvalue weighted by Gasteiger charge is -2.30. The maximum Gasteiger partial charge on any atom is 0.264 e. The molecule has 0 aliphatic carbocycles. The summed E-state index contributed by atoms with van der Waals surface area (Å²) in [4.78, 5) is 19.2. The Morgan fingerprint density at radius 3 is 2.58 bits per heavy atom. The fraction of sp³-hybridized carbons (Fsp3) is 0.304. The molecule has 1 aromatic heterocycles. The standard InChI is InChI=1S/C23H25N3O4S/c1-15-13-17-6-4-8-20(22(17)24-14-15)31(29,30)25-21-16(2)5-3-7-19(21)23(28)26-11-9-18(27)10-12-26/h3-8,13-14,18,25,27H,9-12H2,1-2H3. The molecule has 0 bridgehead atoms. The third-order valence-electron chi connectivity index (χ3n) is 5.59. The molecule has 1 aliphatic rings. The van der Waals surface area contributed by atoms with E-state index in [-0.39, 0.29) is 16.5 Å². The number of fused-ring (bicyclic) bond motifs is 1. The van der Waals surface area contributed by atoms with E-state index in [0.29, 0.717) is 42.6 Å². The van der Waals surface area contributed by atoms with Crippen LogP contribution < -0.4 is 4.72 Å². The molecule has 4 rings (SSSR count). The van der Waals surface area contributed by atoms with Crippen LogP contribution in [0.5, 0.6) is 0 Å². The van der Waals surface area contributed by atoms with Crippen LogP contribution in [0.4, 0.5) is 5.69 Å². The average Bonchev–Trinajstić information content (AvgIpc) is 2.74. The summed E-state index contributed by atoms with van der Waals surface area (Å²) in [7, 11) is -3.99. The number of rotatable bonds is 4. The highest BCUT2D eigenvalue weighted by molar-refractivity contribution is 7.93. The highest BCUT2D eigenvalue weighted by Crippen LogP contribution is 2.29. The van der Waals surface area contributed by atoms with Crippen molar-refractivity contribution in [3.63, 3.8) is 0 Å². The zero-order valence-corrected chi connectivity index (χ0v) is 18.3. The van der Waals surface area contributed by atoms with Crippen molar-refractivity contribution in [2.24, 2.45) is 0 Å². The lowest BCUT2D eigenvalue weighted by atomic mass is 10.0. The summed E-state index contributed by atoms with van der Waals surface area (Å²) in [6.07, 6.45) is 2.26. The van der Waals surface area contributed by atoms with Crippen molar-refractivity contribution in [1.29, 1.82) is 0 Å². The SMILES string of the molecule is Cc1cnc2c(S(=O)(=O)Nc3c(C)cccc3C(=O)N3CCC(O)CC3)cccc2c1. The summed E-state index contributed by atoms with van der Waals surface area (Å²) < 4.78 is 29.3. The molecular weight excluding hydrogens is 414 g/mol. The van der Waals surface area contributed by atoms with Crippen molar-refractivity contribution in [2.75, 3.05) is 17.8 Å².